The Bertz CT molecular complexity index is 465. The van der Waals surface area contributed by atoms with E-state index in [0.29, 0.717) is 7.40 Å². The van der Waals surface area contributed by atoms with Gasteiger partial charge in [0.05, 0.1) is 23.6 Å². The average molecular weight is 495 g/mol. The lowest BCUT2D eigenvalue weighted by atomic mass is 10.3. The van der Waals surface area contributed by atoms with Crippen LogP contribution in [-0.2, 0) is 0 Å². The average Bonchev–Trinajstić information content (AvgIpc) is 2.60. The molecule has 0 saturated carbocycles. The van der Waals surface area contributed by atoms with Gasteiger partial charge in [-0.15, -0.1) is 47.0 Å². The molecule has 28 heavy (non-hydrogen) atoms. The van der Waals surface area contributed by atoms with Crippen molar-refractivity contribution in [2.45, 2.75) is 111 Å². The van der Waals surface area contributed by atoms with Crippen molar-refractivity contribution in [1.82, 2.24) is 0 Å². The second-order valence-electron chi connectivity index (χ2n) is 10.8. The summed E-state index contributed by atoms with van der Waals surface area (Å²) >= 11 is 9.57. The van der Waals surface area contributed by atoms with Crippen molar-refractivity contribution < 1.29 is 0 Å². The van der Waals surface area contributed by atoms with E-state index in [9.17, 15) is 0 Å². The van der Waals surface area contributed by atoms with Crippen molar-refractivity contribution in [3.05, 3.63) is 0 Å². The maximum atomic E-state index is 2.64. The van der Waals surface area contributed by atoms with E-state index in [1.807, 2.05) is 0 Å². The molecule has 0 spiro atoms. The minimum absolute atomic E-state index is 0.521. The summed E-state index contributed by atoms with van der Waals surface area (Å²) in [6.45, 7) is 23.4. The highest BCUT2D eigenvalue weighted by Gasteiger charge is 2.60. The molecule has 6 heteroatoms. The van der Waals surface area contributed by atoms with Crippen LogP contribution in [0.5, 0.6) is 0 Å². The molecule has 0 aromatic rings. The van der Waals surface area contributed by atoms with Gasteiger partial charge < -0.3 is 0 Å². The highest BCUT2D eigenvalue weighted by Crippen LogP contribution is 2.64. The van der Waals surface area contributed by atoms with E-state index < -0.39 is 16.1 Å². The molecule has 0 N–H and O–H groups in total. The fraction of sp³-hybridized carbons (Fsp3) is 1.00. The molecule has 2 aliphatic heterocycles. The minimum Gasteiger partial charge on any atom is -0.148 e. The fourth-order valence-electron chi connectivity index (χ4n) is 6.36. The van der Waals surface area contributed by atoms with Gasteiger partial charge in [0.1, 0.15) is 0 Å². The van der Waals surface area contributed by atoms with Crippen molar-refractivity contribution in [2.24, 2.45) is 0 Å². The van der Waals surface area contributed by atoms with Crippen LogP contribution in [0.3, 0.4) is 0 Å². The van der Waals surface area contributed by atoms with Crippen molar-refractivity contribution in [1.29, 1.82) is 0 Å². The highest BCUT2D eigenvalue weighted by atomic mass is 32.2. The maximum Gasteiger partial charge on any atom is 0.0918 e. The van der Waals surface area contributed by atoms with Crippen LogP contribution in [0.25, 0.3) is 0 Å². The summed E-state index contributed by atoms with van der Waals surface area (Å²) in [5, 5.41) is 0. The molecule has 0 unspecified atom stereocenters. The monoisotopic (exact) mass is 494 g/mol. The van der Waals surface area contributed by atoms with Crippen LogP contribution in [0.4, 0.5) is 0 Å². The Balaban J connectivity index is 2.44. The largest absolute Gasteiger partial charge is 0.148 e. The normalized spacial score (nSPS) is 23.6. The molecule has 2 saturated heterocycles. The molecule has 0 aliphatic carbocycles. The molecule has 0 amide bonds. The molecular formula is C22H46S4Si2. The third kappa shape index (κ3) is 4.77. The summed E-state index contributed by atoms with van der Waals surface area (Å²) in [6, 6.07) is 0. The predicted octanol–water partition coefficient (Wildman–Crippen LogP) is 8.99. The zero-order valence-corrected chi connectivity index (χ0v) is 25.3. The molecule has 2 aliphatic rings. The van der Waals surface area contributed by atoms with Gasteiger partial charge in [-0.2, -0.15) is 0 Å². The van der Waals surface area contributed by atoms with Gasteiger partial charge in [-0.05, 0) is 65.3 Å². The smallest absolute Gasteiger partial charge is 0.0918 e. The lowest BCUT2D eigenvalue weighted by Gasteiger charge is -2.59. The lowest BCUT2D eigenvalue weighted by molar-refractivity contribution is 0.695. The zero-order valence-electron chi connectivity index (χ0n) is 20.0. The number of thioether (sulfide) groups is 4. The first-order valence-electron chi connectivity index (χ1n) is 11.5. The summed E-state index contributed by atoms with van der Waals surface area (Å²) in [6.07, 6.45) is 5.75. The van der Waals surface area contributed by atoms with E-state index in [2.05, 4.69) is 108 Å². The summed E-state index contributed by atoms with van der Waals surface area (Å²) in [5.41, 5.74) is 2.58. The summed E-state index contributed by atoms with van der Waals surface area (Å²) in [7, 11) is -2.77. The van der Waals surface area contributed by atoms with Gasteiger partial charge in [0, 0.05) is 0 Å². The fourth-order valence-corrected chi connectivity index (χ4v) is 30.9. The first-order chi connectivity index (χ1) is 13.0. The molecule has 166 valence electrons. The minimum atomic E-state index is -1.53. The Morgan fingerprint density at radius 1 is 0.607 bits per heavy atom. The molecule has 2 fully saturated rings. The predicted molar refractivity (Wildman–Crippen MR) is 148 cm³/mol. The van der Waals surface area contributed by atoms with E-state index in [1.54, 1.807) is 0 Å². The van der Waals surface area contributed by atoms with E-state index in [-0.39, 0.29) is 0 Å². The van der Waals surface area contributed by atoms with Gasteiger partial charge in [0.2, 0.25) is 0 Å². The van der Waals surface area contributed by atoms with E-state index in [1.165, 1.54) is 48.7 Å². The molecule has 2 heterocycles. The van der Waals surface area contributed by atoms with E-state index in [0.717, 1.165) is 16.6 Å². The standard InChI is InChI=1S/C22H46S4Si2/c1-18(2)28(19(3)4,20(5)6)22(25-16-11-17-26-22)13-12-21(27(7,8)9)23-14-10-15-24-21/h18-20H,10-17H2,1-9H3. The lowest BCUT2D eigenvalue weighted by Crippen LogP contribution is -2.62. The zero-order chi connectivity index (χ0) is 21.2. The van der Waals surface area contributed by atoms with Gasteiger partial charge in [-0.1, -0.05) is 61.2 Å². The quantitative estimate of drug-likeness (QED) is 0.308. The number of rotatable bonds is 8. The van der Waals surface area contributed by atoms with Gasteiger partial charge >= 0.3 is 0 Å². The van der Waals surface area contributed by atoms with Crippen LogP contribution in [0, 0.1) is 0 Å². The Labute approximate surface area is 196 Å². The molecular weight excluding hydrogens is 449 g/mol. The van der Waals surface area contributed by atoms with Crippen molar-refractivity contribution in [3.63, 3.8) is 0 Å². The van der Waals surface area contributed by atoms with Crippen LogP contribution in [0.1, 0.15) is 67.2 Å². The Morgan fingerprint density at radius 2 is 0.929 bits per heavy atom. The van der Waals surface area contributed by atoms with Gasteiger partial charge in [0.15, 0.2) is 0 Å². The molecule has 2 rings (SSSR count). The number of hydrogen-bond donors (Lipinski definition) is 0. The highest BCUT2D eigenvalue weighted by molar-refractivity contribution is 8.22. The molecule has 0 nitrogen and oxygen atoms in total. The summed E-state index contributed by atoms with van der Waals surface area (Å²) in [4.78, 5) is 0. The molecule has 0 aromatic carbocycles. The summed E-state index contributed by atoms with van der Waals surface area (Å²) < 4.78 is 1.06. The molecule has 0 radical (unpaired) electrons. The third-order valence-electron chi connectivity index (χ3n) is 7.37. The molecule has 0 bridgehead atoms. The van der Waals surface area contributed by atoms with Crippen molar-refractivity contribution >= 4 is 63.2 Å². The number of hydrogen-bond acceptors (Lipinski definition) is 4. The van der Waals surface area contributed by atoms with Crippen LogP contribution < -0.4 is 0 Å². The topological polar surface area (TPSA) is 0 Å². The van der Waals surface area contributed by atoms with Crippen LogP contribution in [-0.4, -0.2) is 46.6 Å². The van der Waals surface area contributed by atoms with E-state index in [4.69, 9.17) is 0 Å². The van der Waals surface area contributed by atoms with Crippen LogP contribution in [0.2, 0.25) is 36.3 Å². The van der Waals surface area contributed by atoms with Crippen molar-refractivity contribution in [2.75, 3.05) is 23.0 Å². The van der Waals surface area contributed by atoms with Crippen LogP contribution >= 0.6 is 47.0 Å². The Morgan fingerprint density at radius 3 is 1.25 bits per heavy atom. The molecule has 0 atom stereocenters. The summed E-state index contributed by atoms with van der Waals surface area (Å²) in [5.74, 6) is 5.58. The van der Waals surface area contributed by atoms with Crippen LogP contribution in [0.15, 0.2) is 0 Å². The second kappa shape index (κ2) is 10.2. The van der Waals surface area contributed by atoms with Gasteiger partial charge in [-0.3, -0.25) is 0 Å². The molecule has 0 aromatic heterocycles. The van der Waals surface area contributed by atoms with Gasteiger partial charge in [0.25, 0.3) is 0 Å². The SMILES string of the molecule is CC(C)[Si](C(C)C)(C(C)C)C1(CCC2([Si](C)(C)C)SCCCS2)SCCCS1. The van der Waals surface area contributed by atoms with Crippen molar-refractivity contribution in [3.8, 4) is 0 Å². The van der Waals surface area contributed by atoms with E-state index >= 15 is 0 Å². The van der Waals surface area contributed by atoms with Gasteiger partial charge in [-0.25, -0.2) is 0 Å². The Kier molecular flexibility index (Phi) is 9.49. The Hall–Kier alpha value is 1.83. The second-order valence-corrected chi connectivity index (χ2v) is 29.8. The first kappa shape index (κ1) is 26.1. The third-order valence-corrected chi connectivity index (χ3v) is 30.8. The first-order valence-corrected chi connectivity index (χ1v) is 21.2. The maximum absolute atomic E-state index is 2.64.